The SMILES string of the molecule is CC(Cn1ccnc1)NC(=O)c1cccc(N2CCCS2(=O)=O)c1. The van der Waals surface area contributed by atoms with Crippen LogP contribution in [0.1, 0.15) is 23.7 Å². The van der Waals surface area contributed by atoms with Crippen LogP contribution in [0.5, 0.6) is 0 Å². The molecule has 1 fully saturated rings. The summed E-state index contributed by atoms with van der Waals surface area (Å²) in [5, 5.41) is 2.92. The first-order valence-electron chi connectivity index (χ1n) is 7.83. The monoisotopic (exact) mass is 348 g/mol. The molecule has 8 heteroatoms. The van der Waals surface area contributed by atoms with E-state index in [1.54, 1.807) is 36.8 Å². The molecule has 1 N–H and O–H groups in total. The van der Waals surface area contributed by atoms with Gasteiger partial charge in [0, 0.05) is 37.1 Å². The largest absolute Gasteiger partial charge is 0.348 e. The van der Waals surface area contributed by atoms with Gasteiger partial charge < -0.3 is 9.88 Å². The number of imidazole rings is 1. The summed E-state index contributed by atoms with van der Waals surface area (Å²) in [4.78, 5) is 16.4. The first-order valence-corrected chi connectivity index (χ1v) is 9.44. The number of carbonyl (C=O) groups is 1. The second kappa shape index (κ2) is 6.64. The van der Waals surface area contributed by atoms with E-state index in [-0.39, 0.29) is 17.7 Å². The summed E-state index contributed by atoms with van der Waals surface area (Å²) in [7, 11) is -3.25. The molecule has 1 aromatic carbocycles. The molecule has 128 valence electrons. The fourth-order valence-electron chi connectivity index (χ4n) is 2.80. The van der Waals surface area contributed by atoms with Crippen LogP contribution in [0, 0.1) is 0 Å². The molecule has 1 aromatic heterocycles. The average Bonchev–Trinajstić information content (AvgIpc) is 3.16. The van der Waals surface area contributed by atoms with Gasteiger partial charge in [0.2, 0.25) is 10.0 Å². The van der Waals surface area contributed by atoms with Gasteiger partial charge in [-0.3, -0.25) is 9.10 Å². The Morgan fingerprint density at radius 2 is 2.25 bits per heavy atom. The van der Waals surface area contributed by atoms with Gasteiger partial charge in [-0.05, 0) is 31.5 Å². The van der Waals surface area contributed by atoms with Gasteiger partial charge in [0.15, 0.2) is 0 Å². The van der Waals surface area contributed by atoms with Crippen molar-refractivity contribution in [3.63, 3.8) is 0 Å². The fourth-order valence-corrected chi connectivity index (χ4v) is 4.35. The van der Waals surface area contributed by atoms with E-state index in [0.717, 1.165) is 0 Å². The van der Waals surface area contributed by atoms with Gasteiger partial charge in [0.25, 0.3) is 5.91 Å². The van der Waals surface area contributed by atoms with E-state index in [1.807, 2.05) is 17.7 Å². The molecule has 0 saturated carbocycles. The number of hydrogen-bond acceptors (Lipinski definition) is 4. The van der Waals surface area contributed by atoms with E-state index >= 15 is 0 Å². The standard InChI is InChI=1S/C16H20N4O3S/c1-13(11-19-8-6-17-12-19)18-16(21)14-4-2-5-15(10-14)20-7-3-9-24(20,22)23/h2,4-6,8,10,12-13H,3,7,9,11H2,1H3,(H,18,21). The van der Waals surface area contributed by atoms with Crippen LogP contribution in [0.3, 0.4) is 0 Å². The highest BCUT2D eigenvalue weighted by Crippen LogP contribution is 2.24. The number of nitrogens with one attached hydrogen (secondary N) is 1. The molecule has 1 aliphatic rings. The molecule has 7 nitrogen and oxygen atoms in total. The molecular formula is C16H20N4O3S. The normalized spacial score (nSPS) is 17.6. The van der Waals surface area contributed by atoms with Crippen molar-refractivity contribution < 1.29 is 13.2 Å². The predicted molar refractivity (Wildman–Crippen MR) is 91.3 cm³/mol. The number of hydrogen-bond donors (Lipinski definition) is 1. The Balaban J connectivity index is 1.70. The first kappa shape index (κ1) is 16.5. The molecule has 1 amide bonds. The molecule has 0 spiro atoms. The maximum absolute atomic E-state index is 12.4. The van der Waals surface area contributed by atoms with Crippen molar-refractivity contribution in [3.8, 4) is 0 Å². The lowest BCUT2D eigenvalue weighted by molar-refractivity contribution is 0.0936. The van der Waals surface area contributed by atoms with Gasteiger partial charge in [-0.2, -0.15) is 0 Å². The second-order valence-electron chi connectivity index (χ2n) is 5.93. The average molecular weight is 348 g/mol. The van der Waals surface area contributed by atoms with Gasteiger partial charge >= 0.3 is 0 Å². The van der Waals surface area contributed by atoms with Crippen LogP contribution in [0.15, 0.2) is 43.0 Å². The zero-order valence-electron chi connectivity index (χ0n) is 13.4. The van der Waals surface area contributed by atoms with E-state index in [0.29, 0.717) is 30.8 Å². The lowest BCUT2D eigenvalue weighted by Crippen LogP contribution is -2.35. The summed E-state index contributed by atoms with van der Waals surface area (Å²) in [6.07, 6.45) is 5.83. The van der Waals surface area contributed by atoms with Gasteiger partial charge in [-0.25, -0.2) is 13.4 Å². The van der Waals surface area contributed by atoms with Crippen LogP contribution in [0.4, 0.5) is 5.69 Å². The lowest BCUT2D eigenvalue weighted by atomic mass is 10.1. The van der Waals surface area contributed by atoms with E-state index in [2.05, 4.69) is 10.3 Å². The summed E-state index contributed by atoms with van der Waals surface area (Å²) >= 11 is 0. The highest BCUT2D eigenvalue weighted by atomic mass is 32.2. The number of rotatable bonds is 5. The molecule has 2 heterocycles. The third kappa shape index (κ3) is 3.59. The van der Waals surface area contributed by atoms with Gasteiger partial charge in [-0.15, -0.1) is 0 Å². The molecule has 0 radical (unpaired) electrons. The second-order valence-corrected chi connectivity index (χ2v) is 7.94. The van der Waals surface area contributed by atoms with Crippen LogP contribution in [-0.2, 0) is 16.6 Å². The Kier molecular flexibility index (Phi) is 4.57. The van der Waals surface area contributed by atoms with Crippen LogP contribution in [0.25, 0.3) is 0 Å². The molecule has 0 bridgehead atoms. The third-order valence-electron chi connectivity index (χ3n) is 3.92. The molecule has 1 unspecified atom stereocenters. The molecule has 1 aliphatic heterocycles. The minimum atomic E-state index is -3.25. The van der Waals surface area contributed by atoms with Crippen molar-refractivity contribution in [1.82, 2.24) is 14.9 Å². The molecule has 3 rings (SSSR count). The van der Waals surface area contributed by atoms with Crippen molar-refractivity contribution in [3.05, 3.63) is 48.5 Å². The minimum Gasteiger partial charge on any atom is -0.348 e. The topological polar surface area (TPSA) is 84.3 Å². The maximum atomic E-state index is 12.4. The molecular weight excluding hydrogens is 328 g/mol. The lowest BCUT2D eigenvalue weighted by Gasteiger charge is -2.18. The molecule has 2 aromatic rings. The predicted octanol–water partition coefficient (Wildman–Crippen LogP) is 1.24. The smallest absolute Gasteiger partial charge is 0.251 e. The number of nitrogens with zero attached hydrogens (tertiary/aromatic N) is 3. The Labute approximate surface area is 141 Å². The first-order chi connectivity index (χ1) is 11.5. The highest BCUT2D eigenvalue weighted by Gasteiger charge is 2.28. The van der Waals surface area contributed by atoms with Crippen molar-refractivity contribution in [2.75, 3.05) is 16.6 Å². The molecule has 24 heavy (non-hydrogen) atoms. The Hall–Kier alpha value is -2.35. The Morgan fingerprint density at radius 3 is 2.92 bits per heavy atom. The van der Waals surface area contributed by atoms with Gasteiger partial charge in [-0.1, -0.05) is 6.07 Å². The third-order valence-corrected chi connectivity index (χ3v) is 5.79. The maximum Gasteiger partial charge on any atom is 0.251 e. The van der Waals surface area contributed by atoms with Crippen LogP contribution in [0.2, 0.25) is 0 Å². The number of benzene rings is 1. The molecule has 1 atom stereocenters. The van der Waals surface area contributed by atoms with Crippen molar-refractivity contribution in [2.45, 2.75) is 25.9 Å². The molecule has 1 saturated heterocycles. The fraction of sp³-hybridized carbons (Fsp3) is 0.375. The Morgan fingerprint density at radius 1 is 1.42 bits per heavy atom. The van der Waals surface area contributed by atoms with E-state index in [4.69, 9.17) is 0 Å². The number of carbonyl (C=O) groups excluding carboxylic acids is 1. The van der Waals surface area contributed by atoms with Crippen molar-refractivity contribution >= 4 is 21.6 Å². The number of aromatic nitrogens is 2. The zero-order chi connectivity index (χ0) is 17.2. The summed E-state index contributed by atoms with van der Waals surface area (Å²) in [6.45, 7) is 2.99. The van der Waals surface area contributed by atoms with Gasteiger partial charge in [0.05, 0.1) is 17.8 Å². The highest BCUT2D eigenvalue weighted by molar-refractivity contribution is 7.93. The van der Waals surface area contributed by atoms with Crippen LogP contribution < -0.4 is 9.62 Å². The van der Waals surface area contributed by atoms with Crippen molar-refractivity contribution in [1.29, 1.82) is 0 Å². The van der Waals surface area contributed by atoms with Crippen molar-refractivity contribution in [2.24, 2.45) is 0 Å². The van der Waals surface area contributed by atoms with E-state index in [1.165, 1.54) is 4.31 Å². The van der Waals surface area contributed by atoms with Crippen LogP contribution in [-0.4, -0.2) is 42.2 Å². The molecule has 0 aliphatic carbocycles. The zero-order valence-corrected chi connectivity index (χ0v) is 14.2. The summed E-state index contributed by atoms with van der Waals surface area (Å²) in [5.41, 5.74) is 0.995. The number of amides is 1. The van der Waals surface area contributed by atoms with E-state index < -0.39 is 10.0 Å². The van der Waals surface area contributed by atoms with Gasteiger partial charge in [0.1, 0.15) is 0 Å². The van der Waals surface area contributed by atoms with Crippen LogP contribution >= 0.6 is 0 Å². The number of anilines is 1. The summed E-state index contributed by atoms with van der Waals surface area (Å²) in [6, 6.07) is 6.66. The van der Waals surface area contributed by atoms with E-state index in [9.17, 15) is 13.2 Å². The minimum absolute atomic E-state index is 0.0779. The summed E-state index contributed by atoms with van der Waals surface area (Å²) in [5.74, 6) is -0.0631. The summed E-state index contributed by atoms with van der Waals surface area (Å²) < 4.78 is 27.3. The number of sulfonamides is 1. The quantitative estimate of drug-likeness (QED) is 0.881. The Bertz CT molecular complexity index is 818.